The Kier molecular flexibility index (Phi) is 4.27. The molecule has 5 nitrogen and oxygen atoms in total. The maximum absolute atomic E-state index is 13.4. The van der Waals surface area contributed by atoms with E-state index in [9.17, 15) is 18.4 Å². The summed E-state index contributed by atoms with van der Waals surface area (Å²) < 4.78 is 34.2. The van der Waals surface area contributed by atoms with Crippen LogP contribution in [0.5, 0.6) is 0 Å². The summed E-state index contributed by atoms with van der Waals surface area (Å²) in [5, 5.41) is 0. The van der Waals surface area contributed by atoms with Crippen molar-refractivity contribution in [3.05, 3.63) is 94.4 Å². The van der Waals surface area contributed by atoms with Gasteiger partial charge in [0.15, 0.2) is 0 Å². The minimum Gasteiger partial charge on any atom is -0.465 e. The summed E-state index contributed by atoms with van der Waals surface area (Å²) in [4.78, 5) is 25.2. The van der Waals surface area contributed by atoms with Gasteiger partial charge >= 0.3 is 11.7 Å². The molecule has 0 spiro atoms. The number of rotatable bonds is 3. The average molecular weight is 380 g/mol. The summed E-state index contributed by atoms with van der Waals surface area (Å²) in [6, 6.07) is 15.6. The van der Waals surface area contributed by atoms with E-state index < -0.39 is 23.3 Å². The highest BCUT2D eigenvalue weighted by molar-refractivity contribution is 5.94. The molecule has 0 N–H and O–H groups in total. The number of halogens is 2. The average Bonchev–Trinajstić information content (AvgIpc) is 3.00. The first-order valence-electron chi connectivity index (χ1n) is 8.37. The van der Waals surface area contributed by atoms with Crippen molar-refractivity contribution in [1.29, 1.82) is 0 Å². The number of hydrogen-bond acceptors (Lipinski definition) is 3. The summed E-state index contributed by atoms with van der Waals surface area (Å²) in [7, 11) is 1.27. The van der Waals surface area contributed by atoms with Gasteiger partial charge in [0.05, 0.1) is 35.1 Å². The Labute approximate surface area is 158 Å². The predicted molar refractivity (Wildman–Crippen MR) is 100 cm³/mol. The van der Waals surface area contributed by atoms with Crippen molar-refractivity contribution in [3.8, 4) is 11.4 Å². The van der Waals surface area contributed by atoms with Crippen molar-refractivity contribution >= 4 is 17.0 Å². The van der Waals surface area contributed by atoms with Crippen LogP contribution >= 0.6 is 0 Å². The van der Waals surface area contributed by atoms with Gasteiger partial charge in [0, 0.05) is 0 Å². The summed E-state index contributed by atoms with van der Waals surface area (Å²) >= 11 is 0. The first kappa shape index (κ1) is 17.7. The zero-order valence-corrected chi connectivity index (χ0v) is 14.7. The highest BCUT2D eigenvalue weighted by Gasteiger charge is 2.18. The Morgan fingerprint density at radius 3 is 1.79 bits per heavy atom. The van der Waals surface area contributed by atoms with Gasteiger partial charge in [0.1, 0.15) is 11.6 Å². The van der Waals surface area contributed by atoms with Crippen molar-refractivity contribution in [2.45, 2.75) is 0 Å². The summed E-state index contributed by atoms with van der Waals surface area (Å²) in [6.07, 6.45) is 0. The molecule has 0 amide bonds. The number of esters is 1. The lowest BCUT2D eigenvalue weighted by Gasteiger charge is -2.04. The van der Waals surface area contributed by atoms with Crippen LogP contribution in [0, 0.1) is 11.6 Å². The van der Waals surface area contributed by atoms with Crippen LogP contribution in [-0.2, 0) is 4.74 Å². The highest BCUT2D eigenvalue weighted by atomic mass is 19.1. The molecule has 28 heavy (non-hydrogen) atoms. The molecule has 7 heteroatoms. The smallest absolute Gasteiger partial charge is 0.338 e. The van der Waals surface area contributed by atoms with E-state index in [0.29, 0.717) is 22.4 Å². The molecule has 0 unspecified atom stereocenters. The van der Waals surface area contributed by atoms with Gasteiger partial charge in [0.25, 0.3) is 0 Å². The predicted octanol–water partition coefficient (Wildman–Crippen LogP) is 3.85. The number of nitrogens with zero attached hydrogens (tertiary/aromatic N) is 2. The van der Waals surface area contributed by atoms with Gasteiger partial charge in [0.2, 0.25) is 0 Å². The number of fused-ring (bicyclic) bond motifs is 1. The number of imidazole rings is 1. The number of ether oxygens (including phenoxy) is 1. The molecule has 0 bridgehead atoms. The number of carbonyl (C=O) groups is 1. The Bertz CT molecular complexity index is 1240. The van der Waals surface area contributed by atoms with Crippen LogP contribution in [-0.4, -0.2) is 22.2 Å². The second-order valence-electron chi connectivity index (χ2n) is 6.10. The minimum absolute atomic E-state index is 0.266. The third-order valence-corrected chi connectivity index (χ3v) is 4.43. The molecule has 140 valence electrons. The van der Waals surface area contributed by atoms with Crippen LogP contribution in [0.4, 0.5) is 8.78 Å². The normalized spacial score (nSPS) is 11.0. The molecule has 0 aliphatic carbocycles. The SMILES string of the molecule is COC(=O)c1ccc2c(c1)n(-c1ccc(F)cc1)c(=O)n2-c1ccc(F)cc1. The van der Waals surface area contributed by atoms with E-state index >= 15 is 0 Å². The van der Waals surface area contributed by atoms with Crippen molar-refractivity contribution in [2.24, 2.45) is 0 Å². The third kappa shape index (κ3) is 2.87. The van der Waals surface area contributed by atoms with Crippen LogP contribution in [0.15, 0.2) is 71.5 Å². The number of benzene rings is 3. The fourth-order valence-electron chi connectivity index (χ4n) is 3.12. The zero-order valence-electron chi connectivity index (χ0n) is 14.7. The second-order valence-corrected chi connectivity index (χ2v) is 6.10. The van der Waals surface area contributed by atoms with Crippen LogP contribution in [0.3, 0.4) is 0 Å². The Balaban J connectivity index is 2.06. The van der Waals surface area contributed by atoms with Gasteiger partial charge < -0.3 is 4.74 Å². The van der Waals surface area contributed by atoms with E-state index in [4.69, 9.17) is 4.74 Å². The topological polar surface area (TPSA) is 53.2 Å². The summed E-state index contributed by atoms with van der Waals surface area (Å²) in [5.41, 5.74) is 1.66. The van der Waals surface area contributed by atoms with E-state index in [1.54, 1.807) is 12.1 Å². The van der Waals surface area contributed by atoms with Crippen LogP contribution < -0.4 is 5.69 Å². The first-order valence-corrected chi connectivity index (χ1v) is 8.37. The minimum atomic E-state index is -0.547. The van der Waals surface area contributed by atoms with Gasteiger partial charge in [-0.05, 0) is 66.7 Å². The number of aromatic nitrogens is 2. The molecular weight excluding hydrogens is 366 g/mol. The fraction of sp³-hybridized carbons (Fsp3) is 0.0476. The van der Waals surface area contributed by atoms with Gasteiger partial charge in [-0.2, -0.15) is 0 Å². The first-order chi connectivity index (χ1) is 13.5. The molecule has 4 rings (SSSR count). The highest BCUT2D eigenvalue weighted by Crippen LogP contribution is 2.23. The standard InChI is InChI=1S/C21H14F2N2O3/c1-28-20(26)13-2-11-18-19(12-13)25(17-9-5-15(23)6-10-17)21(27)24(18)16-7-3-14(22)4-8-16/h2-12H,1H3. The van der Waals surface area contributed by atoms with Crippen LogP contribution in [0.1, 0.15) is 10.4 Å². The Hall–Kier alpha value is -3.74. The van der Waals surface area contributed by atoms with Crippen molar-refractivity contribution in [2.75, 3.05) is 7.11 Å². The van der Waals surface area contributed by atoms with Gasteiger partial charge in [-0.15, -0.1) is 0 Å². The van der Waals surface area contributed by atoms with Gasteiger partial charge in [-0.25, -0.2) is 18.4 Å². The molecule has 4 aromatic rings. The largest absolute Gasteiger partial charge is 0.465 e. The molecular formula is C21H14F2N2O3. The maximum Gasteiger partial charge on any atom is 0.338 e. The lowest BCUT2D eigenvalue weighted by Crippen LogP contribution is -2.22. The van der Waals surface area contributed by atoms with Crippen LogP contribution in [0.25, 0.3) is 22.4 Å². The zero-order chi connectivity index (χ0) is 19.8. The number of hydrogen-bond donors (Lipinski definition) is 0. The summed E-state index contributed by atoms with van der Waals surface area (Å²) in [5.74, 6) is -1.41. The van der Waals surface area contributed by atoms with Crippen molar-refractivity contribution in [1.82, 2.24) is 9.13 Å². The van der Waals surface area contributed by atoms with E-state index in [1.165, 1.54) is 70.8 Å². The Morgan fingerprint density at radius 1 is 0.786 bits per heavy atom. The monoisotopic (exact) mass is 380 g/mol. The molecule has 0 aliphatic heterocycles. The van der Waals surface area contributed by atoms with E-state index in [-0.39, 0.29) is 5.56 Å². The molecule has 0 radical (unpaired) electrons. The van der Waals surface area contributed by atoms with Crippen molar-refractivity contribution < 1.29 is 18.3 Å². The van der Waals surface area contributed by atoms with E-state index in [0.717, 1.165) is 0 Å². The van der Waals surface area contributed by atoms with E-state index in [1.807, 2.05) is 0 Å². The second kappa shape index (κ2) is 6.77. The number of methoxy groups -OCH3 is 1. The molecule has 0 aliphatic rings. The molecule has 0 saturated heterocycles. The Morgan fingerprint density at radius 2 is 1.29 bits per heavy atom. The van der Waals surface area contributed by atoms with Crippen molar-refractivity contribution in [3.63, 3.8) is 0 Å². The molecule has 0 fully saturated rings. The van der Waals surface area contributed by atoms with Crippen LogP contribution in [0.2, 0.25) is 0 Å². The fourth-order valence-corrected chi connectivity index (χ4v) is 3.12. The molecule has 0 atom stereocenters. The van der Waals surface area contributed by atoms with E-state index in [2.05, 4.69) is 0 Å². The quantitative estimate of drug-likeness (QED) is 0.508. The summed E-state index contributed by atoms with van der Waals surface area (Å²) in [6.45, 7) is 0. The maximum atomic E-state index is 13.4. The molecule has 1 aromatic heterocycles. The number of carbonyl (C=O) groups excluding carboxylic acids is 1. The molecule has 3 aromatic carbocycles. The third-order valence-electron chi connectivity index (χ3n) is 4.43. The van der Waals surface area contributed by atoms with Gasteiger partial charge in [-0.1, -0.05) is 0 Å². The van der Waals surface area contributed by atoms with Gasteiger partial charge in [-0.3, -0.25) is 9.13 Å². The lowest BCUT2D eigenvalue weighted by atomic mass is 10.2. The molecule has 0 saturated carbocycles. The lowest BCUT2D eigenvalue weighted by molar-refractivity contribution is 0.0601. The molecule has 1 heterocycles.